The Morgan fingerprint density at radius 3 is 2.69 bits per heavy atom. The molecule has 2 N–H and O–H groups in total. The number of rotatable bonds is 6. The van der Waals surface area contributed by atoms with E-state index in [1.165, 1.54) is 11.1 Å². The van der Waals surface area contributed by atoms with Crippen LogP contribution in [0.25, 0.3) is 0 Å². The molecule has 0 radical (unpaired) electrons. The van der Waals surface area contributed by atoms with Crippen molar-refractivity contribution in [2.24, 2.45) is 5.92 Å². The van der Waals surface area contributed by atoms with E-state index >= 15 is 0 Å². The highest BCUT2D eigenvalue weighted by Gasteiger charge is 2.38. The van der Waals surface area contributed by atoms with Gasteiger partial charge in [0.05, 0.1) is 17.0 Å². The highest BCUT2D eigenvalue weighted by molar-refractivity contribution is 7.89. The fourth-order valence-electron chi connectivity index (χ4n) is 5.25. The molecular formula is C26H32N2O3S. The van der Waals surface area contributed by atoms with Gasteiger partial charge in [0.25, 0.3) is 0 Å². The van der Waals surface area contributed by atoms with Gasteiger partial charge in [-0.05, 0) is 66.0 Å². The second kappa shape index (κ2) is 8.65. The fraction of sp³-hybridized carbons (Fsp3) is 0.462. The normalized spacial score (nSPS) is 26.7. The van der Waals surface area contributed by atoms with Crippen LogP contribution in [-0.2, 0) is 14.8 Å². The lowest BCUT2D eigenvalue weighted by Gasteiger charge is -2.37. The summed E-state index contributed by atoms with van der Waals surface area (Å²) in [6.45, 7) is 5.47. The topological polar surface area (TPSA) is 67.4 Å². The van der Waals surface area contributed by atoms with Gasteiger partial charge >= 0.3 is 0 Å². The summed E-state index contributed by atoms with van der Waals surface area (Å²) in [6, 6.07) is 14.6. The molecule has 0 aromatic heterocycles. The molecule has 5 nitrogen and oxygen atoms in total. The molecule has 4 unspecified atom stereocenters. The zero-order valence-electron chi connectivity index (χ0n) is 18.8. The first-order chi connectivity index (χ1) is 15.4. The molecule has 0 amide bonds. The molecule has 0 bridgehead atoms. The Morgan fingerprint density at radius 1 is 1.16 bits per heavy atom. The smallest absolute Gasteiger partial charge is 0.240 e. The first-order valence-corrected chi connectivity index (χ1v) is 13.2. The molecule has 1 saturated heterocycles. The summed E-state index contributed by atoms with van der Waals surface area (Å²) in [4.78, 5) is 0.329. The van der Waals surface area contributed by atoms with E-state index in [2.05, 4.69) is 60.3 Å². The maximum Gasteiger partial charge on any atom is 0.240 e. The van der Waals surface area contributed by atoms with Gasteiger partial charge in [0.2, 0.25) is 10.0 Å². The van der Waals surface area contributed by atoms with Gasteiger partial charge in [0.1, 0.15) is 0 Å². The Bertz CT molecular complexity index is 1100. The third-order valence-electron chi connectivity index (χ3n) is 7.13. The maximum atomic E-state index is 12.9. The van der Waals surface area contributed by atoms with E-state index in [4.69, 9.17) is 4.74 Å². The van der Waals surface area contributed by atoms with Crippen LogP contribution in [0.5, 0.6) is 0 Å². The molecule has 1 aliphatic carbocycles. The fourth-order valence-corrected chi connectivity index (χ4v) is 6.35. The monoisotopic (exact) mass is 452 g/mol. The van der Waals surface area contributed by atoms with Gasteiger partial charge in [-0.2, -0.15) is 0 Å². The molecule has 2 aliphatic heterocycles. The molecule has 0 spiro atoms. The van der Waals surface area contributed by atoms with Crippen LogP contribution in [0, 0.1) is 5.92 Å². The molecule has 2 heterocycles. The summed E-state index contributed by atoms with van der Waals surface area (Å²) in [5.74, 6) is 1.11. The van der Waals surface area contributed by atoms with E-state index < -0.39 is 10.0 Å². The third kappa shape index (κ3) is 4.12. The SMILES string of the molecule is CC(C)c1ccc(C2Nc3ccc(S(=O)(=O)NCC4CCCO4)cc3C3C=CCC32)cc1. The average molecular weight is 453 g/mol. The Hall–Kier alpha value is -2.15. The van der Waals surface area contributed by atoms with Crippen molar-refractivity contribution in [3.05, 3.63) is 71.3 Å². The standard InChI is InChI=1S/C26H32N2O3S/c1-17(2)18-8-10-19(11-9-18)26-23-7-3-6-22(23)24-15-21(12-13-25(24)28-26)32(29,30)27-16-20-5-4-14-31-20/h3,6,8-13,15,17,20,22-23,26-28H,4-5,7,14,16H2,1-2H3. The van der Waals surface area contributed by atoms with Gasteiger partial charge in [-0.3, -0.25) is 0 Å². The number of allylic oxidation sites excluding steroid dienone is 2. The number of hydrogen-bond donors (Lipinski definition) is 2. The first kappa shape index (κ1) is 21.7. The Labute approximate surface area is 191 Å². The minimum Gasteiger partial charge on any atom is -0.378 e. The predicted molar refractivity (Wildman–Crippen MR) is 127 cm³/mol. The van der Waals surface area contributed by atoms with E-state index in [9.17, 15) is 8.42 Å². The number of anilines is 1. The van der Waals surface area contributed by atoms with Crippen molar-refractivity contribution in [1.29, 1.82) is 0 Å². The van der Waals surface area contributed by atoms with Crippen LogP contribution < -0.4 is 10.0 Å². The van der Waals surface area contributed by atoms with Crippen LogP contribution in [0.3, 0.4) is 0 Å². The summed E-state index contributed by atoms with van der Waals surface area (Å²) < 4.78 is 34.2. The lowest BCUT2D eigenvalue weighted by molar-refractivity contribution is 0.114. The minimum absolute atomic E-state index is 0.0194. The lowest BCUT2D eigenvalue weighted by Crippen LogP contribution is -2.32. The summed E-state index contributed by atoms with van der Waals surface area (Å²) in [6.07, 6.45) is 7.35. The van der Waals surface area contributed by atoms with E-state index in [1.807, 2.05) is 12.1 Å². The summed E-state index contributed by atoms with van der Waals surface area (Å²) >= 11 is 0. The molecule has 32 heavy (non-hydrogen) atoms. The third-order valence-corrected chi connectivity index (χ3v) is 8.55. The Kier molecular flexibility index (Phi) is 5.86. The highest BCUT2D eigenvalue weighted by atomic mass is 32.2. The molecular weight excluding hydrogens is 420 g/mol. The van der Waals surface area contributed by atoms with Gasteiger partial charge in [-0.25, -0.2) is 13.1 Å². The molecule has 0 saturated carbocycles. The first-order valence-electron chi connectivity index (χ1n) is 11.7. The largest absolute Gasteiger partial charge is 0.378 e. The predicted octanol–water partition coefficient (Wildman–Crippen LogP) is 5.09. The molecule has 2 aromatic rings. The molecule has 4 atom stereocenters. The van der Waals surface area contributed by atoms with Crippen molar-refractivity contribution in [3.63, 3.8) is 0 Å². The lowest BCUT2D eigenvalue weighted by atomic mass is 9.77. The van der Waals surface area contributed by atoms with Crippen molar-refractivity contribution in [2.75, 3.05) is 18.5 Å². The molecule has 170 valence electrons. The number of fused-ring (bicyclic) bond motifs is 3. The molecule has 1 fully saturated rings. The molecule has 3 aliphatic rings. The quantitative estimate of drug-likeness (QED) is 0.599. The van der Waals surface area contributed by atoms with Crippen LogP contribution in [0.2, 0.25) is 0 Å². The summed E-state index contributed by atoms with van der Waals surface area (Å²) in [5, 5.41) is 3.71. The number of benzene rings is 2. The van der Waals surface area contributed by atoms with Crippen molar-refractivity contribution in [3.8, 4) is 0 Å². The maximum absolute atomic E-state index is 12.9. The van der Waals surface area contributed by atoms with Crippen LogP contribution >= 0.6 is 0 Å². The van der Waals surface area contributed by atoms with E-state index in [0.29, 0.717) is 29.9 Å². The van der Waals surface area contributed by atoms with Crippen molar-refractivity contribution < 1.29 is 13.2 Å². The number of hydrogen-bond acceptors (Lipinski definition) is 4. The van der Waals surface area contributed by atoms with E-state index in [1.54, 1.807) is 6.07 Å². The summed E-state index contributed by atoms with van der Waals surface area (Å²) in [5.41, 5.74) is 4.72. The van der Waals surface area contributed by atoms with Gasteiger partial charge in [0.15, 0.2) is 0 Å². The zero-order valence-corrected chi connectivity index (χ0v) is 19.6. The van der Waals surface area contributed by atoms with E-state index in [-0.39, 0.29) is 18.1 Å². The van der Waals surface area contributed by atoms with E-state index in [0.717, 1.165) is 30.5 Å². The number of sulfonamides is 1. The van der Waals surface area contributed by atoms with Gasteiger partial charge < -0.3 is 10.1 Å². The molecule has 2 aromatic carbocycles. The number of ether oxygens (including phenoxy) is 1. The second-order valence-electron chi connectivity index (χ2n) is 9.53. The second-order valence-corrected chi connectivity index (χ2v) is 11.3. The average Bonchev–Trinajstić information content (AvgIpc) is 3.49. The van der Waals surface area contributed by atoms with Crippen molar-refractivity contribution in [1.82, 2.24) is 4.72 Å². The van der Waals surface area contributed by atoms with Crippen molar-refractivity contribution >= 4 is 15.7 Å². The van der Waals surface area contributed by atoms with Gasteiger partial charge in [-0.1, -0.05) is 50.3 Å². The Balaban J connectivity index is 1.40. The van der Waals surface area contributed by atoms with Crippen LogP contribution in [0.1, 0.15) is 67.7 Å². The summed E-state index contributed by atoms with van der Waals surface area (Å²) in [7, 11) is -3.57. The minimum atomic E-state index is -3.57. The zero-order chi connectivity index (χ0) is 22.3. The molecule has 5 rings (SSSR count). The van der Waals surface area contributed by atoms with Crippen LogP contribution in [-0.4, -0.2) is 27.7 Å². The van der Waals surface area contributed by atoms with Crippen LogP contribution in [0.4, 0.5) is 5.69 Å². The number of nitrogens with one attached hydrogen (secondary N) is 2. The highest BCUT2D eigenvalue weighted by Crippen LogP contribution is 2.50. The Morgan fingerprint density at radius 2 is 1.97 bits per heavy atom. The van der Waals surface area contributed by atoms with Gasteiger partial charge in [-0.15, -0.1) is 0 Å². The van der Waals surface area contributed by atoms with Crippen LogP contribution in [0.15, 0.2) is 59.5 Å². The van der Waals surface area contributed by atoms with Gasteiger partial charge in [0, 0.05) is 24.8 Å². The molecule has 6 heteroatoms. The van der Waals surface area contributed by atoms with Crippen molar-refractivity contribution in [2.45, 2.75) is 62.0 Å².